The molecule has 30 heavy (non-hydrogen) atoms. The molecule has 162 valence electrons. The van der Waals surface area contributed by atoms with Gasteiger partial charge in [-0.1, -0.05) is 61.5 Å². The molecule has 2 aromatic rings. The number of alkyl halides is 3. The van der Waals surface area contributed by atoms with E-state index in [1.54, 1.807) is 0 Å². The maximum absolute atomic E-state index is 12.6. The first kappa shape index (κ1) is 22.2. The van der Waals surface area contributed by atoms with Crippen molar-refractivity contribution < 1.29 is 18.0 Å². The van der Waals surface area contributed by atoms with Gasteiger partial charge in [-0.15, -0.1) is 0 Å². The topological polar surface area (TPSA) is 33.6 Å². The van der Waals surface area contributed by atoms with E-state index < -0.39 is 11.7 Å². The molecule has 0 radical (unpaired) electrons. The van der Waals surface area contributed by atoms with Gasteiger partial charge in [-0.3, -0.25) is 0 Å². The molecular weight excluding hydrogens is 389 g/mol. The Morgan fingerprint density at radius 2 is 1.67 bits per heavy atom. The summed E-state index contributed by atoms with van der Waals surface area (Å²) in [5, 5.41) is 7.57. The van der Waals surface area contributed by atoms with E-state index >= 15 is 0 Å². The third kappa shape index (κ3) is 6.78. The van der Waals surface area contributed by atoms with E-state index in [0.717, 1.165) is 41.6 Å². The number of nitrogens with one attached hydrogen (secondary N) is 1. The third-order valence-corrected chi connectivity index (χ3v) is 5.62. The highest BCUT2D eigenvalue weighted by atomic mass is 19.4. The Hall–Kier alpha value is -2.50. The van der Waals surface area contributed by atoms with E-state index in [4.69, 9.17) is 4.84 Å². The highest BCUT2D eigenvalue weighted by molar-refractivity contribution is 5.98. The van der Waals surface area contributed by atoms with Crippen LogP contribution in [0.4, 0.5) is 18.9 Å². The minimum absolute atomic E-state index is 0.121. The van der Waals surface area contributed by atoms with Crippen molar-refractivity contribution in [3.8, 4) is 0 Å². The SMILES string of the molecule is C/C(=N\OCc1ccc(C(F)(F)F)cc1)c1ccc(NCCC2CCCCC2)cc1. The monoisotopic (exact) mass is 418 g/mol. The lowest BCUT2D eigenvalue weighted by Crippen LogP contribution is -2.12. The second-order valence-electron chi connectivity index (χ2n) is 7.94. The maximum Gasteiger partial charge on any atom is 0.416 e. The zero-order chi connectivity index (χ0) is 21.4. The molecule has 1 saturated carbocycles. The summed E-state index contributed by atoms with van der Waals surface area (Å²) in [6.07, 6.45) is 3.76. The van der Waals surface area contributed by atoms with Gasteiger partial charge >= 0.3 is 6.18 Å². The van der Waals surface area contributed by atoms with Crippen molar-refractivity contribution in [2.24, 2.45) is 11.1 Å². The number of halogens is 3. The Balaban J connectivity index is 1.44. The van der Waals surface area contributed by atoms with Crippen LogP contribution in [0.5, 0.6) is 0 Å². The van der Waals surface area contributed by atoms with E-state index in [1.807, 2.05) is 31.2 Å². The van der Waals surface area contributed by atoms with Gasteiger partial charge in [0.15, 0.2) is 0 Å². The van der Waals surface area contributed by atoms with Crippen LogP contribution in [0.25, 0.3) is 0 Å². The molecule has 6 heteroatoms. The molecule has 0 atom stereocenters. The minimum atomic E-state index is -4.33. The fourth-order valence-corrected chi connectivity index (χ4v) is 3.77. The Kier molecular flexibility index (Phi) is 7.77. The Morgan fingerprint density at radius 1 is 1.00 bits per heavy atom. The first-order chi connectivity index (χ1) is 14.4. The van der Waals surface area contributed by atoms with Crippen molar-refractivity contribution in [2.75, 3.05) is 11.9 Å². The number of anilines is 1. The summed E-state index contributed by atoms with van der Waals surface area (Å²) in [6.45, 7) is 2.96. The molecule has 0 spiro atoms. The fourth-order valence-electron chi connectivity index (χ4n) is 3.77. The number of rotatable bonds is 8. The smallest absolute Gasteiger partial charge is 0.391 e. The average molecular weight is 419 g/mol. The fraction of sp³-hybridized carbons (Fsp3) is 0.458. The van der Waals surface area contributed by atoms with Crippen molar-refractivity contribution >= 4 is 11.4 Å². The lowest BCUT2D eigenvalue weighted by molar-refractivity contribution is -0.137. The van der Waals surface area contributed by atoms with Gasteiger partial charge in [-0.2, -0.15) is 13.2 Å². The predicted octanol–water partition coefficient (Wildman–Crippen LogP) is 7.03. The Morgan fingerprint density at radius 3 is 2.30 bits per heavy atom. The van der Waals surface area contributed by atoms with Crippen molar-refractivity contribution in [3.05, 3.63) is 65.2 Å². The Labute approximate surface area is 176 Å². The van der Waals surface area contributed by atoms with Crippen LogP contribution in [0.3, 0.4) is 0 Å². The van der Waals surface area contributed by atoms with Crippen LogP contribution in [-0.2, 0) is 17.6 Å². The van der Waals surface area contributed by atoms with E-state index in [0.29, 0.717) is 5.56 Å². The largest absolute Gasteiger partial charge is 0.416 e. The van der Waals surface area contributed by atoms with Crippen LogP contribution in [0.15, 0.2) is 53.7 Å². The third-order valence-electron chi connectivity index (χ3n) is 5.62. The Bertz CT molecular complexity index is 808. The molecule has 3 rings (SSSR count). The molecule has 1 N–H and O–H groups in total. The second kappa shape index (κ2) is 10.5. The highest BCUT2D eigenvalue weighted by Crippen LogP contribution is 2.29. The van der Waals surface area contributed by atoms with Gasteiger partial charge in [0, 0.05) is 12.2 Å². The number of oxime groups is 1. The predicted molar refractivity (Wildman–Crippen MR) is 115 cm³/mol. The molecule has 1 aliphatic carbocycles. The van der Waals surface area contributed by atoms with E-state index in [2.05, 4.69) is 10.5 Å². The van der Waals surface area contributed by atoms with Crippen LogP contribution in [0.2, 0.25) is 0 Å². The number of nitrogens with zero attached hydrogens (tertiary/aromatic N) is 1. The molecule has 2 aromatic carbocycles. The molecule has 0 bridgehead atoms. The molecule has 0 aromatic heterocycles. The molecule has 0 heterocycles. The molecule has 1 aliphatic rings. The summed E-state index contributed by atoms with van der Waals surface area (Å²) in [6, 6.07) is 13.0. The summed E-state index contributed by atoms with van der Waals surface area (Å²) in [5.41, 5.74) is 2.72. The molecule has 0 saturated heterocycles. The molecule has 1 fully saturated rings. The van der Waals surface area contributed by atoms with Gasteiger partial charge in [-0.25, -0.2) is 0 Å². The van der Waals surface area contributed by atoms with Gasteiger partial charge < -0.3 is 10.2 Å². The van der Waals surface area contributed by atoms with Crippen molar-refractivity contribution in [3.63, 3.8) is 0 Å². The van der Waals surface area contributed by atoms with Crippen molar-refractivity contribution in [2.45, 2.75) is 58.2 Å². The van der Waals surface area contributed by atoms with Crippen LogP contribution in [0, 0.1) is 5.92 Å². The maximum atomic E-state index is 12.6. The number of hydrogen-bond acceptors (Lipinski definition) is 3. The standard InChI is InChI=1S/C24H29F3N2O/c1-18(29-30-17-20-7-11-22(12-8-20)24(25,26)27)21-9-13-23(14-10-21)28-16-15-19-5-3-2-4-6-19/h7-14,19,28H,2-6,15-17H2,1H3/b29-18+. The average Bonchev–Trinajstić information content (AvgIpc) is 2.75. The normalized spacial score (nSPS) is 15.8. The molecule has 0 unspecified atom stereocenters. The lowest BCUT2D eigenvalue weighted by atomic mass is 9.87. The lowest BCUT2D eigenvalue weighted by Gasteiger charge is -2.21. The van der Waals surface area contributed by atoms with Crippen LogP contribution in [-0.4, -0.2) is 12.3 Å². The summed E-state index contributed by atoms with van der Waals surface area (Å²) in [7, 11) is 0. The first-order valence-corrected chi connectivity index (χ1v) is 10.6. The van der Waals surface area contributed by atoms with Gasteiger partial charge in [0.1, 0.15) is 6.61 Å². The molecular formula is C24H29F3N2O. The van der Waals surface area contributed by atoms with E-state index in [9.17, 15) is 13.2 Å². The summed E-state index contributed by atoms with van der Waals surface area (Å²) in [4.78, 5) is 5.31. The van der Waals surface area contributed by atoms with Crippen LogP contribution < -0.4 is 5.32 Å². The zero-order valence-electron chi connectivity index (χ0n) is 17.3. The summed E-state index contributed by atoms with van der Waals surface area (Å²) in [5.74, 6) is 0.863. The van der Waals surface area contributed by atoms with Crippen molar-refractivity contribution in [1.82, 2.24) is 0 Å². The van der Waals surface area contributed by atoms with Gasteiger partial charge in [0.2, 0.25) is 0 Å². The zero-order valence-corrected chi connectivity index (χ0v) is 17.3. The molecule has 0 aliphatic heterocycles. The highest BCUT2D eigenvalue weighted by Gasteiger charge is 2.29. The van der Waals surface area contributed by atoms with Crippen LogP contribution in [0.1, 0.15) is 62.1 Å². The van der Waals surface area contributed by atoms with Gasteiger partial charge in [0.25, 0.3) is 0 Å². The van der Waals surface area contributed by atoms with Crippen molar-refractivity contribution in [1.29, 1.82) is 0 Å². The second-order valence-corrected chi connectivity index (χ2v) is 7.94. The van der Waals surface area contributed by atoms with E-state index in [-0.39, 0.29) is 6.61 Å². The van der Waals surface area contributed by atoms with Gasteiger partial charge in [-0.05, 0) is 54.7 Å². The molecule has 3 nitrogen and oxygen atoms in total. The summed E-state index contributed by atoms with van der Waals surface area (Å²) < 4.78 is 37.8. The number of benzene rings is 2. The number of hydrogen-bond donors (Lipinski definition) is 1. The quantitative estimate of drug-likeness (QED) is 0.369. The first-order valence-electron chi connectivity index (χ1n) is 10.6. The minimum Gasteiger partial charge on any atom is -0.391 e. The molecule has 0 amide bonds. The summed E-state index contributed by atoms with van der Waals surface area (Å²) >= 11 is 0. The van der Waals surface area contributed by atoms with E-state index in [1.165, 1.54) is 50.7 Å². The van der Waals surface area contributed by atoms with Gasteiger partial charge in [0.05, 0.1) is 11.3 Å². The van der Waals surface area contributed by atoms with Crippen LogP contribution >= 0.6 is 0 Å².